The number of aromatic nitrogens is 1. The van der Waals surface area contributed by atoms with Crippen LogP contribution in [-0.2, 0) is 11.2 Å². The van der Waals surface area contributed by atoms with Gasteiger partial charge in [-0.15, -0.1) is 11.3 Å². The molecule has 1 amide bonds. The van der Waals surface area contributed by atoms with Crippen LogP contribution in [0.2, 0.25) is 0 Å². The number of hydrogen-bond donors (Lipinski definition) is 1. The van der Waals surface area contributed by atoms with Crippen molar-refractivity contribution < 1.29 is 14.3 Å². The number of thiazole rings is 1. The summed E-state index contributed by atoms with van der Waals surface area (Å²) in [6.07, 6.45) is 3.99. The van der Waals surface area contributed by atoms with Gasteiger partial charge in [0.1, 0.15) is 11.5 Å². The molecule has 28 heavy (non-hydrogen) atoms. The largest absolute Gasteiger partial charge is 0.497 e. The molecule has 0 saturated heterocycles. The zero-order valence-electron chi connectivity index (χ0n) is 15.8. The third-order valence-electron chi connectivity index (χ3n) is 4.10. The first-order chi connectivity index (χ1) is 13.7. The molecule has 6 heteroatoms. The van der Waals surface area contributed by atoms with Crippen LogP contribution in [0.3, 0.4) is 0 Å². The van der Waals surface area contributed by atoms with Crippen LogP contribution in [0.5, 0.6) is 11.5 Å². The Morgan fingerprint density at radius 3 is 2.64 bits per heavy atom. The standard InChI is InChI=1S/C22H22N2O3S/c1-26-18-9-7-17(8-10-18)20-15-28-22(24-20)12-13-23-21(25)11-6-16-4-3-5-19(14-16)27-2/h3-11,14-15H,12-13H2,1-2H3,(H,23,25)/b11-6+. The normalized spacial score (nSPS) is 10.8. The number of ether oxygens (including phenoxy) is 2. The molecule has 0 unspecified atom stereocenters. The average Bonchev–Trinajstić information content (AvgIpc) is 3.21. The minimum absolute atomic E-state index is 0.130. The summed E-state index contributed by atoms with van der Waals surface area (Å²) in [6, 6.07) is 15.4. The van der Waals surface area contributed by atoms with Crippen molar-refractivity contribution in [2.45, 2.75) is 6.42 Å². The second kappa shape index (κ2) is 9.71. The molecule has 1 N–H and O–H groups in total. The van der Waals surface area contributed by atoms with Gasteiger partial charge in [-0.25, -0.2) is 4.98 Å². The van der Waals surface area contributed by atoms with E-state index in [0.717, 1.165) is 33.3 Å². The van der Waals surface area contributed by atoms with Crippen molar-refractivity contribution in [1.82, 2.24) is 10.3 Å². The predicted octanol–water partition coefficient (Wildman–Crippen LogP) is 4.20. The highest BCUT2D eigenvalue weighted by molar-refractivity contribution is 7.09. The SMILES string of the molecule is COc1ccc(-c2csc(CCNC(=O)/C=C/c3cccc(OC)c3)n2)cc1. The third kappa shape index (κ3) is 5.44. The summed E-state index contributed by atoms with van der Waals surface area (Å²) in [6.45, 7) is 0.539. The second-order valence-corrected chi connectivity index (χ2v) is 6.95. The Morgan fingerprint density at radius 1 is 1.11 bits per heavy atom. The van der Waals surface area contributed by atoms with Gasteiger partial charge >= 0.3 is 0 Å². The van der Waals surface area contributed by atoms with Crippen LogP contribution in [0.25, 0.3) is 17.3 Å². The number of amides is 1. The van der Waals surface area contributed by atoms with Crippen LogP contribution in [0.15, 0.2) is 60.0 Å². The van der Waals surface area contributed by atoms with Gasteiger partial charge in [-0.1, -0.05) is 12.1 Å². The Balaban J connectivity index is 1.48. The van der Waals surface area contributed by atoms with Gasteiger partial charge in [0.25, 0.3) is 0 Å². The van der Waals surface area contributed by atoms with Crippen molar-refractivity contribution in [2.75, 3.05) is 20.8 Å². The van der Waals surface area contributed by atoms with Gasteiger partial charge in [-0.05, 0) is 48.0 Å². The topological polar surface area (TPSA) is 60.5 Å². The van der Waals surface area contributed by atoms with E-state index in [1.54, 1.807) is 31.6 Å². The van der Waals surface area contributed by atoms with Crippen molar-refractivity contribution in [1.29, 1.82) is 0 Å². The van der Waals surface area contributed by atoms with Crippen molar-refractivity contribution in [3.63, 3.8) is 0 Å². The summed E-state index contributed by atoms with van der Waals surface area (Å²) < 4.78 is 10.4. The lowest BCUT2D eigenvalue weighted by Crippen LogP contribution is -2.23. The molecular formula is C22H22N2O3S. The summed E-state index contributed by atoms with van der Waals surface area (Å²) >= 11 is 1.59. The molecule has 3 aromatic rings. The van der Waals surface area contributed by atoms with Gasteiger partial charge in [0, 0.05) is 30.0 Å². The first-order valence-electron chi connectivity index (χ1n) is 8.87. The van der Waals surface area contributed by atoms with E-state index in [4.69, 9.17) is 9.47 Å². The molecule has 0 aliphatic carbocycles. The minimum atomic E-state index is -0.130. The number of carbonyl (C=O) groups excluding carboxylic acids is 1. The Kier molecular flexibility index (Phi) is 6.81. The Morgan fingerprint density at radius 2 is 1.89 bits per heavy atom. The Bertz CT molecular complexity index is 948. The third-order valence-corrected chi connectivity index (χ3v) is 5.01. The van der Waals surface area contributed by atoms with Crippen LogP contribution in [-0.4, -0.2) is 31.7 Å². The molecule has 0 bridgehead atoms. The van der Waals surface area contributed by atoms with Gasteiger partial charge < -0.3 is 14.8 Å². The zero-order chi connectivity index (χ0) is 19.8. The number of hydrogen-bond acceptors (Lipinski definition) is 5. The summed E-state index contributed by atoms with van der Waals surface area (Å²) in [4.78, 5) is 16.6. The van der Waals surface area contributed by atoms with E-state index in [1.807, 2.05) is 53.9 Å². The molecule has 0 fully saturated rings. The van der Waals surface area contributed by atoms with E-state index >= 15 is 0 Å². The number of nitrogens with one attached hydrogen (secondary N) is 1. The molecule has 0 aliphatic rings. The molecule has 144 valence electrons. The first kappa shape index (κ1) is 19.6. The fraction of sp³-hybridized carbons (Fsp3) is 0.182. The highest BCUT2D eigenvalue weighted by Crippen LogP contribution is 2.24. The lowest BCUT2D eigenvalue weighted by Gasteiger charge is -2.02. The zero-order valence-corrected chi connectivity index (χ0v) is 16.7. The van der Waals surface area contributed by atoms with Crippen molar-refractivity contribution in [3.8, 4) is 22.8 Å². The van der Waals surface area contributed by atoms with Crippen LogP contribution >= 0.6 is 11.3 Å². The van der Waals surface area contributed by atoms with Gasteiger partial charge in [0.2, 0.25) is 5.91 Å². The van der Waals surface area contributed by atoms with Crippen molar-refractivity contribution >= 4 is 23.3 Å². The van der Waals surface area contributed by atoms with Gasteiger partial charge in [-0.2, -0.15) is 0 Å². The van der Waals surface area contributed by atoms with E-state index in [9.17, 15) is 4.79 Å². The maximum atomic E-state index is 12.0. The van der Waals surface area contributed by atoms with E-state index in [0.29, 0.717) is 13.0 Å². The minimum Gasteiger partial charge on any atom is -0.497 e. The molecule has 1 heterocycles. The number of nitrogens with zero attached hydrogens (tertiary/aromatic N) is 1. The average molecular weight is 394 g/mol. The molecule has 0 atom stereocenters. The van der Waals surface area contributed by atoms with Crippen molar-refractivity contribution in [3.05, 3.63) is 70.6 Å². The Labute approximate surface area is 168 Å². The lowest BCUT2D eigenvalue weighted by molar-refractivity contribution is -0.116. The lowest BCUT2D eigenvalue weighted by atomic mass is 10.2. The number of benzene rings is 2. The number of rotatable bonds is 8. The smallest absolute Gasteiger partial charge is 0.244 e. The molecule has 0 aliphatic heterocycles. The molecule has 0 radical (unpaired) electrons. The highest BCUT2D eigenvalue weighted by atomic mass is 32.1. The predicted molar refractivity (Wildman–Crippen MR) is 113 cm³/mol. The molecular weight excluding hydrogens is 372 g/mol. The molecule has 0 spiro atoms. The summed E-state index contributed by atoms with van der Waals surface area (Å²) in [5.41, 5.74) is 2.90. The van der Waals surface area contributed by atoms with E-state index < -0.39 is 0 Å². The fourth-order valence-corrected chi connectivity index (χ4v) is 3.40. The van der Waals surface area contributed by atoms with Crippen LogP contribution in [0.1, 0.15) is 10.6 Å². The molecule has 1 aromatic heterocycles. The summed E-state index contributed by atoms with van der Waals surface area (Å²) in [5, 5.41) is 5.91. The quantitative estimate of drug-likeness (QED) is 0.582. The van der Waals surface area contributed by atoms with Crippen LogP contribution < -0.4 is 14.8 Å². The van der Waals surface area contributed by atoms with E-state index in [1.165, 1.54) is 6.08 Å². The molecule has 0 saturated carbocycles. The summed E-state index contributed by atoms with van der Waals surface area (Å²) in [5.74, 6) is 1.46. The second-order valence-electron chi connectivity index (χ2n) is 6.01. The number of carbonyl (C=O) groups is 1. The van der Waals surface area contributed by atoms with Crippen LogP contribution in [0.4, 0.5) is 0 Å². The summed E-state index contributed by atoms with van der Waals surface area (Å²) in [7, 11) is 3.27. The maximum absolute atomic E-state index is 12.0. The Hall–Kier alpha value is -3.12. The molecule has 3 rings (SSSR count). The van der Waals surface area contributed by atoms with Crippen LogP contribution in [0, 0.1) is 0 Å². The van der Waals surface area contributed by atoms with E-state index in [-0.39, 0.29) is 5.91 Å². The highest BCUT2D eigenvalue weighted by Gasteiger charge is 2.05. The molecule has 2 aromatic carbocycles. The first-order valence-corrected chi connectivity index (χ1v) is 9.74. The fourth-order valence-electron chi connectivity index (χ4n) is 2.59. The molecule has 5 nitrogen and oxygen atoms in total. The van der Waals surface area contributed by atoms with Crippen molar-refractivity contribution in [2.24, 2.45) is 0 Å². The van der Waals surface area contributed by atoms with Gasteiger partial charge in [0.05, 0.1) is 24.9 Å². The monoisotopic (exact) mass is 394 g/mol. The number of methoxy groups -OCH3 is 2. The van der Waals surface area contributed by atoms with Gasteiger partial charge in [-0.3, -0.25) is 4.79 Å². The van der Waals surface area contributed by atoms with E-state index in [2.05, 4.69) is 10.3 Å². The maximum Gasteiger partial charge on any atom is 0.244 e. The van der Waals surface area contributed by atoms with Gasteiger partial charge in [0.15, 0.2) is 0 Å².